The van der Waals surface area contributed by atoms with Crippen LogP contribution in [0.5, 0.6) is 0 Å². The maximum atomic E-state index is 13.8. The first kappa shape index (κ1) is 16.4. The zero-order chi connectivity index (χ0) is 16.6. The Hall–Kier alpha value is -1.49. The Labute approximate surface area is 136 Å². The number of rotatable bonds is 3. The van der Waals surface area contributed by atoms with Crippen molar-refractivity contribution in [1.29, 1.82) is 0 Å². The van der Waals surface area contributed by atoms with Crippen LogP contribution in [-0.2, 0) is 11.3 Å². The van der Waals surface area contributed by atoms with Gasteiger partial charge in [-0.3, -0.25) is 9.69 Å². The van der Waals surface area contributed by atoms with Gasteiger partial charge < -0.3 is 4.90 Å². The summed E-state index contributed by atoms with van der Waals surface area (Å²) in [7, 11) is 3.62. The molecule has 1 aromatic carbocycles. The second kappa shape index (κ2) is 6.19. The molecule has 0 N–H and O–H groups in total. The van der Waals surface area contributed by atoms with Crippen molar-refractivity contribution in [3.8, 4) is 0 Å². The predicted octanol–water partition coefficient (Wildman–Crippen LogP) is 3.05. The first-order valence-corrected chi connectivity index (χ1v) is 8.29. The highest BCUT2D eigenvalue weighted by Crippen LogP contribution is 2.50. The molecule has 0 bridgehead atoms. The number of carbonyl (C=O) groups excluding carboxylic acids is 1. The normalized spacial score (nSPS) is 27.7. The van der Waals surface area contributed by atoms with E-state index in [1.54, 1.807) is 4.90 Å². The number of amides is 1. The van der Waals surface area contributed by atoms with E-state index in [1.807, 2.05) is 14.1 Å². The van der Waals surface area contributed by atoms with Gasteiger partial charge in [0.25, 0.3) is 0 Å². The van der Waals surface area contributed by atoms with Crippen molar-refractivity contribution in [3.05, 3.63) is 35.4 Å². The molecule has 1 spiro atoms. The van der Waals surface area contributed by atoms with Crippen molar-refractivity contribution in [2.45, 2.75) is 32.2 Å². The summed E-state index contributed by atoms with van der Waals surface area (Å²) in [4.78, 5) is 16.3. The lowest BCUT2D eigenvalue weighted by Gasteiger charge is -2.32. The number of hydrogen-bond acceptors (Lipinski definition) is 2. The molecule has 1 aromatic rings. The summed E-state index contributed by atoms with van der Waals surface area (Å²) in [5.41, 5.74) is 0.418. The summed E-state index contributed by atoms with van der Waals surface area (Å²) in [5.74, 6) is -0.488. The van der Waals surface area contributed by atoms with E-state index in [0.717, 1.165) is 44.8 Å². The Morgan fingerprint density at radius 2 is 2.13 bits per heavy atom. The van der Waals surface area contributed by atoms with Crippen molar-refractivity contribution in [2.75, 3.05) is 27.2 Å². The van der Waals surface area contributed by atoms with Gasteiger partial charge in [-0.05, 0) is 49.4 Å². The van der Waals surface area contributed by atoms with E-state index in [4.69, 9.17) is 0 Å². The van der Waals surface area contributed by atoms with Crippen LogP contribution in [0.15, 0.2) is 18.2 Å². The van der Waals surface area contributed by atoms with Crippen LogP contribution in [0, 0.1) is 23.0 Å². The van der Waals surface area contributed by atoms with E-state index in [1.165, 1.54) is 12.1 Å². The van der Waals surface area contributed by atoms with Crippen LogP contribution in [0.1, 0.15) is 31.2 Å². The number of carbonyl (C=O) groups is 1. The quantitative estimate of drug-likeness (QED) is 0.854. The molecule has 1 saturated heterocycles. The molecule has 1 amide bonds. The van der Waals surface area contributed by atoms with Gasteiger partial charge in [-0.15, -0.1) is 0 Å². The van der Waals surface area contributed by atoms with Crippen LogP contribution in [0.2, 0.25) is 0 Å². The Morgan fingerprint density at radius 1 is 1.35 bits per heavy atom. The van der Waals surface area contributed by atoms with Crippen molar-refractivity contribution in [2.24, 2.45) is 11.3 Å². The van der Waals surface area contributed by atoms with Gasteiger partial charge >= 0.3 is 0 Å². The average molecular weight is 322 g/mol. The van der Waals surface area contributed by atoms with Gasteiger partial charge in [-0.25, -0.2) is 8.78 Å². The van der Waals surface area contributed by atoms with Crippen LogP contribution in [0.25, 0.3) is 0 Å². The van der Waals surface area contributed by atoms with Gasteiger partial charge in [0.05, 0.1) is 0 Å². The summed E-state index contributed by atoms with van der Waals surface area (Å²) >= 11 is 0. The van der Waals surface area contributed by atoms with Crippen LogP contribution >= 0.6 is 0 Å². The Bertz CT molecular complexity index is 605. The molecule has 23 heavy (non-hydrogen) atoms. The number of nitrogens with zero attached hydrogens (tertiary/aromatic N) is 2. The maximum absolute atomic E-state index is 13.8. The average Bonchev–Trinajstić information content (AvgIpc) is 3.10. The molecule has 1 aliphatic heterocycles. The molecule has 5 heteroatoms. The highest BCUT2D eigenvalue weighted by Gasteiger charge is 2.50. The fraction of sp³-hybridized carbons (Fsp3) is 0.611. The third kappa shape index (κ3) is 3.11. The summed E-state index contributed by atoms with van der Waals surface area (Å²) in [6.07, 6.45) is 4.04. The highest BCUT2D eigenvalue weighted by molar-refractivity contribution is 5.79. The second-order valence-electron chi connectivity index (χ2n) is 7.24. The molecule has 3 rings (SSSR count). The Balaban J connectivity index is 1.72. The zero-order valence-corrected chi connectivity index (χ0v) is 13.8. The summed E-state index contributed by atoms with van der Waals surface area (Å²) in [6, 6.07) is 3.61. The third-order valence-electron chi connectivity index (χ3n) is 5.51. The van der Waals surface area contributed by atoms with Crippen LogP contribution < -0.4 is 0 Å². The van der Waals surface area contributed by atoms with Crippen molar-refractivity contribution >= 4 is 5.91 Å². The zero-order valence-electron chi connectivity index (χ0n) is 13.8. The number of benzene rings is 1. The lowest BCUT2D eigenvalue weighted by molar-refractivity contribution is -0.136. The Kier molecular flexibility index (Phi) is 4.41. The number of hydrogen-bond donors (Lipinski definition) is 0. The molecular weight excluding hydrogens is 298 g/mol. The molecule has 0 unspecified atom stereocenters. The Morgan fingerprint density at radius 3 is 2.87 bits per heavy atom. The molecule has 0 radical (unpaired) electrons. The van der Waals surface area contributed by atoms with Crippen molar-refractivity contribution < 1.29 is 13.6 Å². The van der Waals surface area contributed by atoms with Gasteiger partial charge in [-0.2, -0.15) is 0 Å². The lowest BCUT2D eigenvalue weighted by atomic mass is 9.76. The van der Waals surface area contributed by atoms with E-state index in [9.17, 15) is 13.6 Å². The minimum atomic E-state index is -0.406. The van der Waals surface area contributed by atoms with E-state index in [0.29, 0.717) is 12.1 Å². The van der Waals surface area contributed by atoms with Crippen molar-refractivity contribution in [1.82, 2.24) is 9.80 Å². The fourth-order valence-corrected chi connectivity index (χ4v) is 4.35. The first-order valence-electron chi connectivity index (χ1n) is 8.29. The molecule has 0 aromatic heterocycles. The lowest BCUT2D eigenvalue weighted by Crippen LogP contribution is -2.40. The van der Waals surface area contributed by atoms with E-state index < -0.39 is 5.82 Å². The van der Waals surface area contributed by atoms with Gasteiger partial charge in [-0.1, -0.05) is 6.42 Å². The SMILES string of the molecule is CN(C)C(=O)[C@@H]1CCC[C@@]12CCN(Cc1cc(F)ccc1F)C2. The molecule has 3 nitrogen and oxygen atoms in total. The van der Waals surface area contributed by atoms with Crippen LogP contribution in [-0.4, -0.2) is 42.9 Å². The van der Waals surface area contributed by atoms with Gasteiger partial charge in [0.2, 0.25) is 5.91 Å². The standard InChI is InChI=1S/C18H24F2N2O/c1-21(2)17(23)15-4-3-7-18(15)8-9-22(12-18)11-13-10-14(19)5-6-16(13)20/h5-6,10,15H,3-4,7-9,11-12H2,1-2H3/t15-,18-/m0/s1. The van der Waals surface area contributed by atoms with Crippen molar-refractivity contribution in [3.63, 3.8) is 0 Å². The first-order chi connectivity index (χ1) is 10.9. The fourth-order valence-electron chi connectivity index (χ4n) is 4.35. The highest BCUT2D eigenvalue weighted by atomic mass is 19.1. The maximum Gasteiger partial charge on any atom is 0.225 e. The monoisotopic (exact) mass is 322 g/mol. The van der Waals surface area contributed by atoms with Gasteiger partial charge in [0.1, 0.15) is 11.6 Å². The largest absolute Gasteiger partial charge is 0.349 e. The molecule has 2 fully saturated rings. The summed E-state index contributed by atoms with van der Waals surface area (Å²) < 4.78 is 27.2. The molecule has 1 heterocycles. The molecule has 1 aliphatic carbocycles. The molecule has 2 aliphatic rings. The van der Waals surface area contributed by atoms with E-state index >= 15 is 0 Å². The predicted molar refractivity (Wildman–Crippen MR) is 84.7 cm³/mol. The van der Waals surface area contributed by atoms with E-state index in [2.05, 4.69) is 4.90 Å². The topological polar surface area (TPSA) is 23.6 Å². The van der Waals surface area contributed by atoms with Gasteiger partial charge in [0, 0.05) is 38.7 Å². The molecule has 126 valence electrons. The summed E-state index contributed by atoms with van der Waals surface area (Å²) in [5, 5.41) is 0. The molecular formula is C18H24F2N2O. The summed E-state index contributed by atoms with van der Waals surface area (Å²) in [6.45, 7) is 2.05. The van der Waals surface area contributed by atoms with Crippen LogP contribution in [0.4, 0.5) is 8.78 Å². The second-order valence-corrected chi connectivity index (χ2v) is 7.24. The number of halogens is 2. The molecule has 2 atom stereocenters. The minimum Gasteiger partial charge on any atom is -0.349 e. The number of likely N-dealkylation sites (tertiary alicyclic amines) is 1. The van der Waals surface area contributed by atoms with Gasteiger partial charge in [0.15, 0.2) is 0 Å². The smallest absolute Gasteiger partial charge is 0.225 e. The van der Waals surface area contributed by atoms with E-state index in [-0.39, 0.29) is 23.1 Å². The third-order valence-corrected chi connectivity index (χ3v) is 5.51. The minimum absolute atomic E-state index is 0.0190. The van der Waals surface area contributed by atoms with Crippen LogP contribution in [0.3, 0.4) is 0 Å². The molecule has 1 saturated carbocycles.